The minimum atomic E-state index is -0.786. The van der Waals surface area contributed by atoms with E-state index in [1.165, 1.54) is 23.0 Å². The summed E-state index contributed by atoms with van der Waals surface area (Å²) in [5.41, 5.74) is 3.62. The first kappa shape index (κ1) is 23.7. The standard InChI is InChI=1S/C27H30N2O5/c1-17(30)34-22-10-6-9-20(16-22)24-23(26(32)27(33)29(24)14-13-28(2)3)25(31)21-12-11-18-7-4-5-8-19(18)15-21/h6,9-12,15-16,24,31H,4-5,7-8,13-14H2,1-3H3/b25-23-. The van der Waals surface area contributed by atoms with Gasteiger partial charge in [0.2, 0.25) is 0 Å². The zero-order valence-electron chi connectivity index (χ0n) is 19.8. The van der Waals surface area contributed by atoms with Crippen LogP contribution in [0.5, 0.6) is 5.75 Å². The van der Waals surface area contributed by atoms with Crippen molar-refractivity contribution in [2.75, 3.05) is 27.2 Å². The van der Waals surface area contributed by atoms with Gasteiger partial charge in [-0.1, -0.05) is 24.3 Å². The number of nitrogens with zero attached hydrogens (tertiary/aromatic N) is 2. The number of ether oxygens (including phenoxy) is 1. The number of Topliss-reactive ketones (excluding diaryl/α,β-unsaturated/α-hetero) is 1. The van der Waals surface area contributed by atoms with Crippen LogP contribution in [0.25, 0.3) is 5.76 Å². The maximum atomic E-state index is 13.2. The molecular formula is C27H30N2O5. The Bertz CT molecular complexity index is 1170. The van der Waals surface area contributed by atoms with E-state index in [-0.39, 0.29) is 11.3 Å². The van der Waals surface area contributed by atoms with E-state index in [2.05, 4.69) is 0 Å². The second kappa shape index (κ2) is 9.81. The molecule has 1 unspecified atom stereocenters. The summed E-state index contributed by atoms with van der Waals surface area (Å²) in [6.07, 6.45) is 4.18. The number of fused-ring (bicyclic) bond motifs is 1. The number of benzene rings is 2. The Hall–Kier alpha value is -3.45. The molecule has 34 heavy (non-hydrogen) atoms. The lowest BCUT2D eigenvalue weighted by Crippen LogP contribution is -2.35. The Labute approximate surface area is 199 Å². The maximum absolute atomic E-state index is 13.2. The van der Waals surface area contributed by atoms with Crippen molar-refractivity contribution in [1.82, 2.24) is 9.80 Å². The van der Waals surface area contributed by atoms with Gasteiger partial charge in [0.15, 0.2) is 0 Å². The van der Waals surface area contributed by atoms with Gasteiger partial charge in [0.25, 0.3) is 11.7 Å². The number of carbonyl (C=O) groups is 3. The van der Waals surface area contributed by atoms with Gasteiger partial charge in [-0.25, -0.2) is 0 Å². The third-order valence-corrected chi connectivity index (χ3v) is 6.39. The van der Waals surface area contributed by atoms with Crippen LogP contribution in [0.1, 0.15) is 48.1 Å². The fraction of sp³-hybridized carbons (Fsp3) is 0.370. The first-order valence-corrected chi connectivity index (χ1v) is 11.6. The number of likely N-dealkylation sites (N-methyl/N-ethyl adjacent to an activating group) is 1. The quantitative estimate of drug-likeness (QED) is 0.233. The Morgan fingerprint density at radius 1 is 1.09 bits per heavy atom. The van der Waals surface area contributed by atoms with Crippen LogP contribution in [0, 0.1) is 0 Å². The predicted molar refractivity (Wildman–Crippen MR) is 128 cm³/mol. The Balaban J connectivity index is 1.82. The van der Waals surface area contributed by atoms with Crippen molar-refractivity contribution in [3.63, 3.8) is 0 Å². The summed E-state index contributed by atoms with van der Waals surface area (Å²) in [5, 5.41) is 11.3. The van der Waals surface area contributed by atoms with Gasteiger partial charge in [0.05, 0.1) is 11.6 Å². The smallest absolute Gasteiger partial charge is 0.308 e. The minimum Gasteiger partial charge on any atom is -0.507 e. The lowest BCUT2D eigenvalue weighted by atomic mass is 9.88. The van der Waals surface area contributed by atoms with E-state index in [1.54, 1.807) is 24.3 Å². The highest BCUT2D eigenvalue weighted by Crippen LogP contribution is 2.40. The highest BCUT2D eigenvalue weighted by atomic mass is 16.5. The van der Waals surface area contributed by atoms with Crippen molar-refractivity contribution in [3.8, 4) is 5.75 Å². The summed E-state index contributed by atoms with van der Waals surface area (Å²) in [6, 6.07) is 11.7. The number of amides is 1. The van der Waals surface area contributed by atoms with Crippen molar-refractivity contribution >= 4 is 23.4 Å². The van der Waals surface area contributed by atoms with Gasteiger partial charge in [0, 0.05) is 25.6 Å². The molecule has 0 aromatic heterocycles. The van der Waals surface area contributed by atoms with E-state index in [0.29, 0.717) is 30.0 Å². The summed E-state index contributed by atoms with van der Waals surface area (Å²) in [7, 11) is 3.78. The highest BCUT2D eigenvalue weighted by molar-refractivity contribution is 6.46. The largest absolute Gasteiger partial charge is 0.507 e. The molecule has 4 rings (SSSR count). The molecule has 1 N–H and O–H groups in total. The summed E-state index contributed by atoms with van der Waals surface area (Å²) in [6.45, 7) is 2.17. The number of aryl methyl sites for hydroxylation is 2. The number of hydrogen-bond acceptors (Lipinski definition) is 6. The lowest BCUT2D eigenvalue weighted by molar-refractivity contribution is -0.140. The van der Waals surface area contributed by atoms with Gasteiger partial charge in [-0.2, -0.15) is 0 Å². The number of rotatable bonds is 6. The lowest BCUT2D eigenvalue weighted by Gasteiger charge is -2.27. The van der Waals surface area contributed by atoms with Crippen LogP contribution in [-0.2, 0) is 27.2 Å². The topological polar surface area (TPSA) is 87.1 Å². The molecule has 178 valence electrons. The first-order chi connectivity index (χ1) is 16.3. The van der Waals surface area contributed by atoms with E-state index in [0.717, 1.165) is 25.7 Å². The third-order valence-electron chi connectivity index (χ3n) is 6.39. The minimum absolute atomic E-state index is 0.0551. The molecule has 1 heterocycles. The summed E-state index contributed by atoms with van der Waals surface area (Å²) in [5.74, 6) is -1.69. The third kappa shape index (κ3) is 4.75. The van der Waals surface area contributed by atoms with Gasteiger partial charge in [-0.15, -0.1) is 0 Å². The molecule has 0 radical (unpaired) electrons. The second-order valence-corrected chi connectivity index (χ2v) is 9.15. The van der Waals surface area contributed by atoms with Gasteiger partial charge < -0.3 is 19.6 Å². The highest BCUT2D eigenvalue weighted by Gasteiger charge is 2.46. The van der Waals surface area contributed by atoms with Gasteiger partial charge in [-0.3, -0.25) is 14.4 Å². The summed E-state index contributed by atoms with van der Waals surface area (Å²) >= 11 is 0. The molecule has 1 fully saturated rings. The molecule has 0 spiro atoms. The SMILES string of the molecule is CC(=O)Oc1cccc(C2/C(=C(/O)c3ccc4c(c3)CCCC4)C(=O)C(=O)N2CCN(C)C)c1. The molecule has 1 atom stereocenters. The number of aliphatic hydroxyl groups is 1. The Kier molecular flexibility index (Phi) is 6.84. The molecule has 1 amide bonds. The normalized spacial score (nSPS) is 19.4. The van der Waals surface area contributed by atoms with Crippen LogP contribution in [0.3, 0.4) is 0 Å². The molecule has 7 heteroatoms. The summed E-state index contributed by atoms with van der Waals surface area (Å²) in [4.78, 5) is 41.2. The molecule has 7 nitrogen and oxygen atoms in total. The number of aliphatic hydroxyl groups excluding tert-OH is 1. The molecular weight excluding hydrogens is 432 g/mol. The molecule has 0 saturated carbocycles. The van der Waals surface area contributed by atoms with Crippen LogP contribution >= 0.6 is 0 Å². The van der Waals surface area contributed by atoms with E-state index in [9.17, 15) is 19.5 Å². The Morgan fingerprint density at radius 2 is 1.82 bits per heavy atom. The number of ketones is 1. The first-order valence-electron chi connectivity index (χ1n) is 11.6. The predicted octanol–water partition coefficient (Wildman–Crippen LogP) is 3.47. The van der Waals surface area contributed by atoms with E-state index < -0.39 is 23.7 Å². The number of hydrogen-bond donors (Lipinski definition) is 1. The molecule has 2 aromatic rings. The van der Waals surface area contributed by atoms with E-state index in [1.807, 2.05) is 37.2 Å². The zero-order chi connectivity index (χ0) is 24.4. The van der Waals surface area contributed by atoms with Crippen LogP contribution in [0.2, 0.25) is 0 Å². The average molecular weight is 463 g/mol. The van der Waals surface area contributed by atoms with Gasteiger partial charge in [-0.05, 0) is 74.7 Å². The molecule has 1 aliphatic heterocycles. The van der Waals surface area contributed by atoms with Crippen LogP contribution in [0.15, 0.2) is 48.0 Å². The Morgan fingerprint density at radius 3 is 2.53 bits per heavy atom. The molecule has 1 saturated heterocycles. The second-order valence-electron chi connectivity index (χ2n) is 9.15. The molecule has 0 bridgehead atoms. The van der Waals surface area contributed by atoms with E-state index in [4.69, 9.17) is 4.74 Å². The van der Waals surface area contributed by atoms with E-state index >= 15 is 0 Å². The van der Waals surface area contributed by atoms with Crippen molar-refractivity contribution in [1.29, 1.82) is 0 Å². The van der Waals surface area contributed by atoms with Gasteiger partial charge in [0.1, 0.15) is 11.5 Å². The molecule has 2 aromatic carbocycles. The number of likely N-dealkylation sites (tertiary alicyclic amines) is 1. The maximum Gasteiger partial charge on any atom is 0.308 e. The van der Waals surface area contributed by atoms with Crippen molar-refractivity contribution < 1.29 is 24.2 Å². The van der Waals surface area contributed by atoms with Gasteiger partial charge >= 0.3 is 5.97 Å². The zero-order valence-corrected chi connectivity index (χ0v) is 19.8. The van der Waals surface area contributed by atoms with Crippen molar-refractivity contribution in [3.05, 3.63) is 70.3 Å². The monoisotopic (exact) mass is 462 g/mol. The molecule has 2 aliphatic rings. The van der Waals surface area contributed by atoms with Crippen LogP contribution in [-0.4, -0.2) is 59.8 Å². The fourth-order valence-corrected chi connectivity index (χ4v) is 4.72. The number of carbonyl (C=O) groups excluding carboxylic acids is 3. The van der Waals surface area contributed by atoms with Crippen molar-refractivity contribution in [2.45, 2.75) is 38.6 Å². The van der Waals surface area contributed by atoms with Crippen LogP contribution < -0.4 is 4.74 Å². The fourth-order valence-electron chi connectivity index (χ4n) is 4.72. The van der Waals surface area contributed by atoms with Crippen molar-refractivity contribution in [2.24, 2.45) is 0 Å². The number of esters is 1. The molecule has 1 aliphatic carbocycles. The van der Waals surface area contributed by atoms with Crippen LogP contribution in [0.4, 0.5) is 0 Å². The summed E-state index contributed by atoms with van der Waals surface area (Å²) < 4.78 is 5.23. The average Bonchev–Trinajstić information content (AvgIpc) is 3.06.